The Hall–Kier alpha value is -1.92. The summed E-state index contributed by atoms with van der Waals surface area (Å²) in [7, 11) is 1.55. The SMILES string of the molecule is COc1ccc(-c2cnc(Cl)cc2NC2CCC(C)(O)CC2)nn1. The van der Waals surface area contributed by atoms with Gasteiger partial charge in [-0.3, -0.25) is 0 Å². The molecule has 6 nitrogen and oxygen atoms in total. The van der Waals surface area contributed by atoms with Gasteiger partial charge in [0.1, 0.15) is 5.15 Å². The minimum atomic E-state index is -0.557. The first-order chi connectivity index (χ1) is 11.5. The van der Waals surface area contributed by atoms with Crippen molar-refractivity contribution in [1.82, 2.24) is 15.2 Å². The van der Waals surface area contributed by atoms with Crippen LogP contribution in [0.25, 0.3) is 11.3 Å². The molecule has 1 saturated carbocycles. The third kappa shape index (κ3) is 3.94. The lowest BCUT2D eigenvalue weighted by molar-refractivity contribution is 0.0196. The van der Waals surface area contributed by atoms with Crippen LogP contribution in [0.2, 0.25) is 5.15 Å². The highest BCUT2D eigenvalue weighted by Crippen LogP contribution is 2.33. The fourth-order valence-electron chi connectivity index (χ4n) is 2.93. The molecule has 1 aliphatic carbocycles. The number of methoxy groups -OCH3 is 1. The molecule has 0 bridgehead atoms. The molecule has 0 amide bonds. The molecule has 0 unspecified atom stereocenters. The monoisotopic (exact) mass is 348 g/mol. The third-order valence-corrected chi connectivity index (χ3v) is 4.62. The number of pyridine rings is 1. The average molecular weight is 349 g/mol. The molecule has 2 aromatic rings. The standard InChI is InChI=1S/C17H21ClN4O2/c1-17(23)7-5-11(6-8-17)20-14-9-15(18)19-10-12(14)13-3-4-16(24-2)22-21-13/h3-4,9-11,23H,5-8H2,1-2H3,(H,19,20). The first-order valence-corrected chi connectivity index (χ1v) is 8.37. The van der Waals surface area contributed by atoms with Gasteiger partial charge in [0.2, 0.25) is 5.88 Å². The summed E-state index contributed by atoms with van der Waals surface area (Å²) in [6.07, 6.45) is 5.06. The van der Waals surface area contributed by atoms with E-state index in [0.29, 0.717) is 16.7 Å². The van der Waals surface area contributed by atoms with Crippen LogP contribution in [0.4, 0.5) is 5.69 Å². The van der Waals surface area contributed by atoms with Crippen molar-refractivity contribution in [3.63, 3.8) is 0 Å². The number of nitrogens with zero attached hydrogens (tertiary/aromatic N) is 3. The van der Waals surface area contributed by atoms with Crippen LogP contribution in [0.1, 0.15) is 32.6 Å². The molecule has 0 aliphatic heterocycles. The summed E-state index contributed by atoms with van der Waals surface area (Å²) in [6, 6.07) is 5.69. The van der Waals surface area contributed by atoms with E-state index in [-0.39, 0.29) is 6.04 Å². The van der Waals surface area contributed by atoms with Crippen molar-refractivity contribution in [2.45, 2.75) is 44.2 Å². The van der Waals surface area contributed by atoms with Crippen LogP contribution in [-0.4, -0.2) is 39.0 Å². The molecule has 0 saturated heterocycles. The van der Waals surface area contributed by atoms with Crippen molar-refractivity contribution in [2.24, 2.45) is 0 Å². The Morgan fingerprint density at radius 2 is 2.04 bits per heavy atom. The summed E-state index contributed by atoms with van der Waals surface area (Å²) in [4.78, 5) is 4.16. The molecular weight excluding hydrogens is 328 g/mol. The predicted octanol–water partition coefficient (Wildman–Crippen LogP) is 3.31. The molecule has 1 aliphatic rings. The van der Waals surface area contributed by atoms with Gasteiger partial charge in [-0.1, -0.05) is 11.6 Å². The Bertz CT molecular complexity index is 696. The highest BCUT2D eigenvalue weighted by atomic mass is 35.5. The van der Waals surface area contributed by atoms with E-state index >= 15 is 0 Å². The molecule has 0 aromatic carbocycles. The normalized spacial score (nSPS) is 23.8. The van der Waals surface area contributed by atoms with Gasteiger partial charge >= 0.3 is 0 Å². The predicted molar refractivity (Wildman–Crippen MR) is 93.3 cm³/mol. The van der Waals surface area contributed by atoms with Crippen molar-refractivity contribution in [3.8, 4) is 17.1 Å². The lowest BCUT2D eigenvalue weighted by atomic mass is 9.83. The Labute approximate surface area is 146 Å². The van der Waals surface area contributed by atoms with Gasteiger partial charge < -0.3 is 15.2 Å². The van der Waals surface area contributed by atoms with Gasteiger partial charge in [0.25, 0.3) is 0 Å². The van der Waals surface area contributed by atoms with Crippen LogP contribution < -0.4 is 10.1 Å². The Kier molecular flexibility index (Phi) is 4.87. The number of hydrogen-bond acceptors (Lipinski definition) is 6. The lowest BCUT2D eigenvalue weighted by Gasteiger charge is -2.34. The van der Waals surface area contributed by atoms with Gasteiger partial charge in [0.15, 0.2) is 0 Å². The molecule has 2 heterocycles. The zero-order chi connectivity index (χ0) is 17.2. The van der Waals surface area contributed by atoms with Crippen molar-refractivity contribution in [3.05, 3.63) is 29.5 Å². The summed E-state index contributed by atoms with van der Waals surface area (Å²) >= 11 is 6.07. The van der Waals surface area contributed by atoms with Crippen LogP contribution in [0.3, 0.4) is 0 Å². The molecule has 128 valence electrons. The number of rotatable bonds is 4. The molecule has 2 aromatic heterocycles. The van der Waals surface area contributed by atoms with E-state index in [1.54, 1.807) is 25.4 Å². The van der Waals surface area contributed by atoms with E-state index in [9.17, 15) is 5.11 Å². The second-order valence-corrected chi connectivity index (χ2v) is 6.82. The number of hydrogen-bond donors (Lipinski definition) is 2. The molecule has 7 heteroatoms. The maximum atomic E-state index is 10.1. The highest BCUT2D eigenvalue weighted by molar-refractivity contribution is 6.29. The number of halogens is 1. The largest absolute Gasteiger partial charge is 0.480 e. The van der Waals surface area contributed by atoms with E-state index in [1.165, 1.54) is 0 Å². The first kappa shape index (κ1) is 16.9. The first-order valence-electron chi connectivity index (χ1n) is 7.99. The summed E-state index contributed by atoms with van der Waals surface area (Å²) in [5, 5.41) is 22.2. The maximum Gasteiger partial charge on any atom is 0.233 e. The van der Waals surface area contributed by atoms with Crippen LogP contribution in [0.5, 0.6) is 5.88 Å². The van der Waals surface area contributed by atoms with Crippen molar-refractivity contribution in [2.75, 3.05) is 12.4 Å². The van der Waals surface area contributed by atoms with Crippen molar-refractivity contribution < 1.29 is 9.84 Å². The fourth-order valence-corrected chi connectivity index (χ4v) is 3.09. The summed E-state index contributed by atoms with van der Waals surface area (Å²) < 4.78 is 5.05. The van der Waals surface area contributed by atoms with E-state index in [1.807, 2.05) is 13.0 Å². The number of anilines is 1. The smallest absolute Gasteiger partial charge is 0.233 e. The summed E-state index contributed by atoms with van der Waals surface area (Å²) in [6.45, 7) is 1.89. The Balaban J connectivity index is 1.83. The van der Waals surface area contributed by atoms with E-state index in [4.69, 9.17) is 16.3 Å². The quantitative estimate of drug-likeness (QED) is 0.825. The van der Waals surface area contributed by atoms with Gasteiger partial charge in [-0.25, -0.2) is 4.98 Å². The van der Waals surface area contributed by atoms with Gasteiger partial charge in [0.05, 0.1) is 18.4 Å². The van der Waals surface area contributed by atoms with Crippen LogP contribution in [-0.2, 0) is 0 Å². The van der Waals surface area contributed by atoms with Crippen molar-refractivity contribution in [1.29, 1.82) is 0 Å². The highest BCUT2D eigenvalue weighted by Gasteiger charge is 2.29. The minimum absolute atomic E-state index is 0.286. The summed E-state index contributed by atoms with van der Waals surface area (Å²) in [5.41, 5.74) is 1.86. The van der Waals surface area contributed by atoms with E-state index in [0.717, 1.165) is 36.9 Å². The topological polar surface area (TPSA) is 80.2 Å². The zero-order valence-electron chi connectivity index (χ0n) is 13.8. The average Bonchev–Trinajstić information content (AvgIpc) is 2.57. The number of ether oxygens (including phenoxy) is 1. The Morgan fingerprint density at radius 3 is 2.67 bits per heavy atom. The molecule has 1 fully saturated rings. The number of aliphatic hydroxyl groups is 1. The Morgan fingerprint density at radius 1 is 1.29 bits per heavy atom. The second-order valence-electron chi connectivity index (χ2n) is 6.43. The number of aromatic nitrogens is 3. The lowest BCUT2D eigenvalue weighted by Crippen LogP contribution is -2.35. The maximum absolute atomic E-state index is 10.1. The van der Waals surface area contributed by atoms with Crippen LogP contribution in [0.15, 0.2) is 24.4 Å². The molecule has 0 radical (unpaired) electrons. The molecule has 3 rings (SSSR count). The van der Waals surface area contributed by atoms with Gasteiger partial charge in [-0.15, -0.1) is 10.2 Å². The zero-order valence-corrected chi connectivity index (χ0v) is 14.5. The van der Waals surface area contributed by atoms with E-state index in [2.05, 4.69) is 20.5 Å². The molecule has 2 N–H and O–H groups in total. The van der Waals surface area contributed by atoms with Crippen LogP contribution in [0, 0.1) is 0 Å². The molecular formula is C17H21ClN4O2. The second kappa shape index (κ2) is 6.91. The van der Waals surface area contributed by atoms with Gasteiger partial charge in [0, 0.05) is 29.6 Å². The van der Waals surface area contributed by atoms with Crippen molar-refractivity contribution >= 4 is 17.3 Å². The van der Waals surface area contributed by atoms with Gasteiger partial charge in [-0.2, -0.15) is 0 Å². The van der Waals surface area contributed by atoms with E-state index < -0.39 is 5.60 Å². The van der Waals surface area contributed by atoms with Crippen LogP contribution >= 0.6 is 11.6 Å². The summed E-state index contributed by atoms with van der Waals surface area (Å²) in [5.74, 6) is 0.463. The minimum Gasteiger partial charge on any atom is -0.480 e. The molecule has 0 spiro atoms. The van der Waals surface area contributed by atoms with Gasteiger partial charge in [-0.05, 0) is 44.7 Å². The molecule has 24 heavy (non-hydrogen) atoms. The third-order valence-electron chi connectivity index (χ3n) is 4.42. The fraction of sp³-hybridized carbons (Fsp3) is 0.471. The molecule has 0 atom stereocenters. The number of nitrogens with one attached hydrogen (secondary N) is 1.